The molecule has 2 aromatic heterocycles. The van der Waals surface area contributed by atoms with E-state index < -0.39 is 10.0 Å². The summed E-state index contributed by atoms with van der Waals surface area (Å²) in [5, 5.41) is 6.71. The average molecular weight is 376 g/mol. The Morgan fingerprint density at radius 2 is 2.00 bits per heavy atom. The van der Waals surface area contributed by atoms with E-state index in [-0.39, 0.29) is 5.09 Å². The number of fused-ring (bicyclic) bond motifs is 4. The summed E-state index contributed by atoms with van der Waals surface area (Å²) < 4.78 is 33.7. The summed E-state index contributed by atoms with van der Waals surface area (Å²) in [6.45, 7) is 3.34. The van der Waals surface area contributed by atoms with Gasteiger partial charge in [0.25, 0.3) is 10.0 Å². The van der Waals surface area contributed by atoms with E-state index >= 15 is 0 Å². The van der Waals surface area contributed by atoms with Crippen LogP contribution in [0.25, 0.3) is 11.5 Å². The molecule has 2 atom stereocenters. The van der Waals surface area contributed by atoms with E-state index in [1.54, 1.807) is 28.7 Å². The number of furan rings is 1. The SMILES string of the molecule is O=S(=O)(c1ccc(-c2ccn[nH]2)o1)N1C[C@@H]2CC[C@H](C1)N(CC1CC1)C2. The van der Waals surface area contributed by atoms with Gasteiger partial charge in [-0.15, -0.1) is 0 Å². The summed E-state index contributed by atoms with van der Waals surface area (Å²) in [6.07, 6.45) is 6.50. The predicted molar refractivity (Wildman–Crippen MR) is 95.9 cm³/mol. The van der Waals surface area contributed by atoms with Gasteiger partial charge in [0.15, 0.2) is 5.76 Å². The number of piperidine rings is 1. The first kappa shape index (κ1) is 16.5. The Hall–Kier alpha value is -1.64. The fourth-order valence-electron chi connectivity index (χ4n) is 4.31. The number of sulfonamides is 1. The second-order valence-corrected chi connectivity index (χ2v) is 9.77. The van der Waals surface area contributed by atoms with E-state index in [1.807, 2.05) is 0 Å². The number of nitrogens with zero attached hydrogens (tertiary/aromatic N) is 3. The Morgan fingerprint density at radius 3 is 2.77 bits per heavy atom. The number of aromatic amines is 1. The summed E-state index contributed by atoms with van der Waals surface area (Å²) >= 11 is 0. The zero-order valence-corrected chi connectivity index (χ0v) is 15.5. The molecule has 4 fully saturated rings. The van der Waals surface area contributed by atoms with Gasteiger partial charge in [-0.05, 0) is 55.7 Å². The quantitative estimate of drug-likeness (QED) is 0.865. The molecule has 0 spiro atoms. The second-order valence-electron chi connectivity index (χ2n) is 7.91. The van der Waals surface area contributed by atoms with Crippen molar-refractivity contribution in [2.45, 2.75) is 36.8 Å². The maximum absolute atomic E-state index is 13.2. The number of aromatic nitrogens is 2. The molecule has 0 radical (unpaired) electrons. The fraction of sp³-hybridized carbons (Fsp3) is 0.611. The zero-order chi connectivity index (χ0) is 17.7. The van der Waals surface area contributed by atoms with Gasteiger partial charge in [0, 0.05) is 38.4 Å². The van der Waals surface area contributed by atoms with E-state index in [0.29, 0.717) is 36.5 Å². The standard InChI is InChI=1S/C18H24N4O3S/c23-26(24,18-6-5-17(25-18)16-7-8-19-20-16)22-11-14-3-4-15(12-22)21(10-14)9-13-1-2-13/h5-8,13-15H,1-4,9-12H2,(H,19,20)/t14-,15-/m1/s1. The van der Waals surface area contributed by atoms with Gasteiger partial charge in [-0.1, -0.05) is 0 Å². The highest BCUT2D eigenvalue weighted by atomic mass is 32.2. The molecule has 1 saturated carbocycles. The lowest BCUT2D eigenvalue weighted by molar-refractivity contribution is 0.127. The predicted octanol–water partition coefficient (Wildman–Crippen LogP) is 2.16. The van der Waals surface area contributed by atoms with Gasteiger partial charge in [-0.2, -0.15) is 9.40 Å². The topological polar surface area (TPSA) is 82.4 Å². The number of hydrogen-bond acceptors (Lipinski definition) is 5. The van der Waals surface area contributed by atoms with E-state index in [9.17, 15) is 8.42 Å². The van der Waals surface area contributed by atoms with Crippen LogP contribution in [0, 0.1) is 11.8 Å². The summed E-state index contributed by atoms with van der Waals surface area (Å²) in [5.41, 5.74) is 0.679. The first-order valence-corrected chi connectivity index (χ1v) is 10.9. The molecule has 0 unspecified atom stereocenters. The fourth-order valence-corrected chi connectivity index (χ4v) is 5.78. The molecule has 7 nitrogen and oxygen atoms in total. The van der Waals surface area contributed by atoms with Crippen LogP contribution in [0.1, 0.15) is 25.7 Å². The van der Waals surface area contributed by atoms with Crippen LogP contribution in [0.4, 0.5) is 0 Å². The van der Waals surface area contributed by atoms with Gasteiger partial charge in [0.05, 0.1) is 0 Å². The Bertz CT molecular complexity index is 872. The Kier molecular flexibility index (Phi) is 3.95. The van der Waals surface area contributed by atoms with Crippen molar-refractivity contribution < 1.29 is 12.8 Å². The van der Waals surface area contributed by atoms with Crippen LogP contribution in [0.2, 0.25) is 0 Å². The highest BCUT2D eigenvalue weighted by Crippen LogP contribution is 2.36. The summed E-state index contributed by atoms with van der Waals surface area (Å²) in [5.74, 6) is 1.75. The number of nitrogens with one attached hydrogen (secondary N) is 1. The minimum atomic E-state index is -3.61. The molecule has 8 heteroatoms. The molecule has 140 valence electrons. The largest absolute Gasteiger partial charge is 0.442 e. The van der Waals surface area contributed by atoms with Crippen LogP contribution in [0.15, 0.2) is 33.9 Å². The maximum atomic E-state index is 13.2. The second kappa shape index (κ2) is 6.21. The third-order valence-corrected chi connectivity index (χ3v) is 7.63. The number of rotatable bonds is 5. The normalized spacial score (nSPS) is 27.7. The molecule has 2 bridgehead atoms. The molecule has 2 aromatic rings. The molecular weight excluding hydrogens is 352 g/mol. The van der Waals surface area contributed by atoms with Crippen molar-refractivity contribution in [2.75, 3.05) is 26.2 Å². The van der Waals surface area contributed by atoms with Crippen LogP contribution >= 0.6 is 0 Å². The van der Waals surface area contributed by atoms with Crippen molar-refractivity contribution in [1.29, 1.82) is 0 Å². The first-order valence-electron chi connectivity index (χ1n) is 9.43. The Labute approximate surface area is 153 Å². The van der Waals surface area contributed by atoms with Crippen molar-refractivity contribution >= 4 is 10.0 Å². The molecule has 5 heterocycles. The molecule has 3 saturated heterocycles. The highest BCUT2D eigenvalue weighted by Gasteiger charge is 2.41. The maximum Gasteiger partial charge on any atom is 0.276 e. The van der Waals surface area contributed by atoms with E-state index in [1.165, 1.54) is 12.8 Å². The zero-order valence-electron chi connectivity index (χ0n) is 14.7. The van der Waals surface area contributed by atoms with Crippen LogP contribution < -0.4 is 0 Å². The van der Waals surface area contributed by atoms with Crippen molar-refractivity contribution in [1.82, 2.24) is 19.4 Å². The Morgan fingerprint density at radius 1 is 1.12 bits per heavy atom. The minimum Gasteiger partial charge on any atom is -0.442 e. The molecular formula is C18H24N4O3S. The number of hydrogen-bond donors (Lipinski definition) is 1. The minimum absolute atomic E-state index is 0.0251. The molecule has 6 rings (SSSR count). The molecule has 4 aliphatic rings. The number of H-pyrrole nitrogens is 1. The lowest BCUT2D eigenvalue weighted by atomic mass is 9.95. The third-order valence-electron chi connectivity index (χ3n) is 5.92. The summed E-state index contributed by atoms with van der Waals surface area (Å²) in [4.78, 5) is 2.54. The molecule has 26 heavy (non-hydrogen) atoms. The summed E-state index contributed by atoms with van der Waals surface area (Å²) in [6, 6.07) is 5.34. The van der Waals surface area contributed by atoms with Crippen LogP contribution in [0.5, 0.6) is 0 Å². The molecule has 1 aliphatic carbocycles. The third kappa shape index (κ3) is 3.00. The van der Waals surface area contributed by atoms with Gasteiger partial charge in [-0.3, -0.25) is 10.00 Å². The van der Waals surface area contributed by atoms with Crippen molar-refractivity contribution in [2.24, 2.45) is 11.8 Å². The first-order chi connectivity index (χ1) is 12.6. The van der Waals surface area contributed by atoms with E-state index in [0.717, 1.165) is 31.8 Å². The van der Waals surface area contributed by atoms with Crippen molar-refractivity contribution in [3.05, 3.63) is 24.4 Å². The smallest absolute Gasteiger partial charge is 0.276 e. The average Bonchev–Trinajstić information content (AvgIpc) is 3.15. The molecule has 3 aliphatic heterocycles. The monoisotopic (exact) mass is 376 g/mol. The lowest BCUT2D eigenvalue weighted by Crippen LogP contribution is -2.45. The van der Waals surface area contributed by atoms with Crippen molar-refractivity contribution in [3.63, 3.8) is 0 Å². The van der Waals surface area contributed by atoms with Gasteiger partial charge in [0.2, 0.25) is 5.09 Å². The molecule has 0 amide bonds. The molecule has 1 N–H and O–H groups in total. The van der Waals surface area contributed by atoms with Crippen LogP contribution in [0.3, 0.4) is 0 Å². The highest BCUT2D eigenvalue weighted by molar-refractivity contribution is 7.89. The van der Waals surface area contributed by atoms with Gasteiger partial charge in [-0.25, -0.2) is 8.42 Å². The van der Waals surface area contributed by atoms with Gasteiger partial charge in [0.1, 0.15) is 5.69 Å². The van der Waals surface area contributed by atoms with Crippen LogP contribution in [-0.2, 0) is 10.0 Å². The van der Waals surface area contributed by atoms with E-state index in [4.69, 9.17) is 4.42 Å². The molecule has 0 aromatic carbocycles. The van der Waals surface area contributed by atoms with Gasteiger partial charge >= 0.3 is 0 Å². The Balaban J connectivity index is 1.38. The lowest BCUT2D eigenvalue weighted by Gasteiger charge is -2.36. The van der Waals surface area contributed by atoms with E-state index in [2.05, 4.69) is 15.1 Å². The van der Waals surface area contributed by atoms with Gasteiger partial charge < -0.3 is 4.42 Å². The van der Waals surface area contributed by atoms with Crippen molar-refractivity contribution in [3.8, 4) is 11.5 Å². The van der Waals surface area contributed by atoms with Crippen LogP contribution in [-0.4, -0.2) is 60.0 Å². The summed E-state index contributed by atoms with van der Waals surface area (Å²) in [7, 11) is -3.61.